The van der Waals surface area contributed by atoms with Crippen LogP contribution < -0.4 is 21.3 Å². The molecule has 150 valence electrons. The molecule has 0 unspecified atom stereocenters. The Labute approximate surface area is 172 Å². The molecule has 0 aliphatic heterocycles. The van der Waals surface area contributed by atoms with E-state index in [-0.39, 0.29) is 5.91 Å². The van der Waals surface area contributed by atoms with Crippen LogP contribution in [-0.2, 0) is 17.6 Å². The Morgan fingerprint density at radius 1 is 1.11 bits per heavy atom. The number of nitrogens with one attached hydrogen (secondary N) is 4. The van der Waals surface area contributed by atoms with Crippen molar-refractivity contribution in [2.45, 2.75) is 26.1 Å². The number of thiazole rings is 1. The normalized spacial score (nSPS) is 10.4. The fourth-order valence-electron chi connectivity index (χ4n) is 2.24. The molecule has 0 spiro atoms. The second-order valence-corrected chi connectivity index (χ2v) is 7.91. The number of halogens is 1. The second kappa shape index (κ2) is 9.90. The van der Waals surface area contributed by atoms with Gasteiger partial charge in [0.15, 0.2) is 11.4 Å². The standard InChI is InChI=1S/C16H18BrN5O5S/c1-8(23)18-14-20-11(12(17)28-14)7-4-9-2-5-10(6-3-9)19-13(21-15(24)25)22-16(26)27/h2-3,5-6,13,19,21-22H,4,7H2,1H3,(H,24,25)(H,26,27)(H,18,20,23). The summed E-state index contributed by atoms with van der Waals surface area (Å²) in [7, 11) is 0. The minimum absolute atomic E-state index is 0.177. The van der Waals surface area contributed by atoms with E-state index in [4.69, 9.17) is 10.2 Å². The minimum Gasteiger partial charge on any atom is -0.465 e. The third kappa shape index (κ3) is 7.04. The first-order valence-electron chi connectivity index (χ1n) is 8.00. The van der Waals surface area contributed by atoms with Gasteiger partial charge in [0.25, 0.3) is 0 Å². The maximum atomic E-state index is 11.1. The minimum atomic E-state index is -1.37. The molecule has 2 rings (SSSR count). The van der Waals surface area contributed by atoms with E-state index in [9.17, 15) is 14.4 Å². The zero-order valence-corrected chi connectivity index (χ0v) is 17.1. The quantitative estimate of drug-likeness (QED) is 0.323. The number of nitrogens with zero attached hydrogens (tertiary/aromatic N) is 1. The highest BCUT2D eigenvalue weighted by Gasteiger charge is 2.13. The Kier molecular flexibility index (Phi) is 7.58. The van der Waals surface area contributed by atoms with Crippen LogP contribution in [0.15, 0.2) is 28.1 Å². The van der Waals surface area contributed by atoms with Crippen molar-refractivity contribution in [3.63, 3.8) is 0 Å². The number of aryl methyl sites for hydroxylation is 2. The monoisotopic (exact) mass is 471 g/mol. The molecule has 0 radical (unpaired) electrons. The van der Waals surface area contributed by atoms with Crippen molar-refractivity contribution in [2.75, 3.05) is 10.6 Å². The molecule has 2 aromatic rings. The summed E-state index contributed by atoms with van der Waals surface area (Å²) in [6, 6.07) is 7.12. The van der Waals surface area contributed by atoms with Gasteiger partial charge < -0.3 is 20.8 Å². The molecule has 0 aliphatic rings. The third-order valence-electron chi connectivity index (χ3n) is 3.38. The summed E-state index contributed by atoms with van der Waals surface area (Å²) < 4.78 is 0.858. The molecule has 3 amide bonds. The summed E-state index contributed by atoms with van der Waals surface area (Å²) >= 11 is 4.79. The zero-order chi connectivity index (χ0) is 20.7. The first-order chi connectivity index (χ1) is 13.2. The van der Waals surface area contributed by atoms with Crippen molar-refractivity contribution in [1.29, 1.82) is 0 Å². The number of hydrogen-bond acceptors (Lipinski definition) is 6. The largest absolute Gasteiger partial charge is 0.465 e. The summed E-state index contributed by atoms with van der Waals surface area (Å²) in [5, 5.41) is 27.5. The molecule has 1 aromatic carbocycles. The van der Waals surface area contributed by atoms with E-state index in [1.165, 1.54) is 18.3 Å². The predicted molar refractivity (Wildman–Crippen MR) is 108 cm³/mol. The fraction of sp³-hybridized carbons (Fsp3) is 0.250. The van der Waals surface area contributed by atoms with Crippen molar-refractivity contribution in [3.8, 4) is 0 Å². The molecular formula is C16H18BrN5O5S. The van der Waals surface area contributed by atoms with Gasteiger partial charge in [-0.1, -0.05) is 23.5 Å². The van der Waals surface area contributed by atoms with Crippen LogP contribution in [0.25, 0.3) is 0 Å². The van der Waals surface area contributed by atoms with Crippen LogP contribution >= 0.6 is 27.3 Å². The summed E-state index contributed by atoms with van der Waals surface area (Å²) in [4.78, 5) is 36.9. The van der Waals surface area contributed by atoms with E-state index in [1.54, 1.807) is 12.1 Å². The average molecular weight is 472 g/mol. The van der Waals surface area contributed by atoms with Crippen LogP contribution in [0.4, 0.5) is 20.4 Å². The van der Waals surface area contributed by atoms with E-state index in [1.807, 2.05) is 22.8 Å². The van der Waals surface area contributed by atoms with Crippen LogP contribution in [0, 0.1) is 0 Å². The molecule has 0 aliphatic carbocycles. The fourth-order valence-corrected chi connectivity index (χ4v) is 3.78. The van der Waals surface area contributed by atoms with E-state index in [0.29, 0.717) is 23.7 Å². The van der Waals surface area contributed by atoms with Crippen molar-refractivity contribution in [2.24, 2.45) is 0 Å². The average Bonchev–Trinajstić information content (AvgIpc) is 2.91. The van der Waals surface area contributed by atoms with Gasteiger partial charge in [0, 0.05) is 12.6 Å². The number of rotatable bonds is 8. The zero-order valence-electron chi connectivity index (χ0n) is 14.7. The lowest BCUT2D eigenvalue weighted by Crippen LogP contribution is -2.52. The molecule has 28 heavy (non-hydrogen) atoms. The van der Waals surface area contributed by atoms with Crippen molar-refractivity contribution in [1.82, 2.24) is 15.6 Å². The highest BCUT2D eigenvalue weighted by Crippen LogP contribution is 2.29. The number of hydrogen-bond donors (Lipinski definition) is 6. The molecule has 6 N–H and O–H groups in total. The number of anilines is 2. The highest BCUT2D eigenvalue weighted by atomic mass is 79.9. The number of aromatic nitrogens is 1. The smallest absolute Gasteiger partial charge is 0.407 e. The third-order valence-corrected chi connectivity index (χ3v) is 5.13. The molecule has 10 nitrogen and oxygen atoms in total. The second-order valence-electron chi connectivity index (χ2n) is 5.59. The Morgan fingerprint density at radius 3 is 2.25 bits per heavy atom. The van der Waals surface area contributed by atoms with Gasteiger partial charge in [0.1, 0.15) is 0 Å². The van der Waals surface area contributed by atoms with Crippen molar-refractivity contribution < 1.29 is 24.6 Å². The number of carbonyl (C=O) groups excluding carboxylic acids is 1. The van der Waals surface area contributed by atoms with Crippen LogP contribution in [0.2, 0.25) is 0 Å². The van der Waals surface area contributed by atoms with Crippen molar-refractivity contribution >= 4 is 56.2 Å². The molecule has 0 bridgehead atoms. The lowest BCUT2D eigenvalue weighted by Gasteiger charge is -2.19. The van der Waals surface area contributed by atoms with Gasteiger partial charge in [-0.15, -0.1) is 0 Å². The summed E-state index contributed by atoms with van der Waals surface area (Å²) in [6.07, 6.45) is -2.55. The number of amides is 3. The molecule has 12 heteroatoms. The van der Waals surface area contributed by atoms with Gasteiger partial charge >= 0.3 is 12.2 Å². The molecule has 0 atom stereocenters. The van der Waals surface area contributed by atoms with Crippen LogP contribution in [0.5, 0.6) is 0 Å². The first-order valence-corrected chi connectivity index (χ1v) is 9.61. The maximum Gasteiger partial charge on any atom is 0.407 e. The van der Waals surface area contributed by atoms with Gasteiger partial charge in [-0.05, 0) is 46.5 Å². The molecule has 1 heterocycles. The number of carboxylic acid groups (broad SMARTS) is 2. The van der Waals surface area contributed by atoms with Gasteiger partial charge in [0.2, 0.25) is 5.91 Å². The molecule has 1 aromatic heterocycles. The van der Waals surface area contributed by atoms with Gasteiger partial charge in [-0.2, -0.15) is 0 Å². The van der Waals surface area contributed by atoms with E-state index in [2.05, 4.69) is 31.5 Å². The van der Waals surface area contributed by atoms with Crippen molar-refractivity contribution in [3.05, 3.63) is 39.3 Å². The Morgan fingerprint density at radius 2 is 1.71 bits per heavy atom. The van der Waals surface area contributed by atoms with Gasteiger partial charge in [-0.25, -0.2) is 14.6 Å². The molecule has 0 fully saturated rings. The van der Waals surface area contributed by atoms with Crippen LogP contribution in [-0.4, -0.2) is 39.6 Å². The number of carbonyl (C=O) groups is 3. The van der Waals surface area contributed by atoms with Gasteiger partial charge in [0.05, 0.1) is 9.48 Å². The molecular weight excluding hydrogens is 454 g/mol. The summed E-state index contributed by atoms with van der Waals surface area (Å²) in [6.45, 7) is 1.42. The topological polar surface area (TPSA) is 153 Å². The lowest BCUT2D eigenvalue weighted by molar-refractivity contribution is -0.114. The Balaban J connectivity index is 1.95. The summed E-state index contributed by atoms with van der Waals surface area (Å²) in [5.74, 6) is -0.177. The Hall–Kier alpha value is -2.86. The SMILES string of the molecule is CC(=O)Nc1nc(CCc2ccc(NC(NC(=O)O)NC(=O)O)cc2)c(Br)s1. The van der Waals surface area contributed by atoms with E-state index >= 15 is 0 Å². The van der Waals surface area contributed by atoms with Gasteiger partial charge in [-0.3, -0.25) is 15.4 Å². The predicted octanol–water partition coefficient (Wildman–Crippen LogP) is 2.88. The molecule has 0 saturated carbocycles. The summed E-state index contributed by atoms with van der Waals surface area (Å²) in [5.41, 5.74) is 2.40. The molecule has 0 saturated heterocycles. The van der Waals surface area contributed by atoms with Crippen LogP contribution in [0.1, 0.15) is 18.2 Å². The Bertz CT molecular complexity index is 842. The first kappa shape index (κ1) is 21.4. The van der Waals surface area contributed by atoms with E-state index in [0.717, 1.165) is 15.0 Å². The maximum absolute atomic E-state index is 11.1. The van der Waals surface area contributed by atoms with Crippen LogP contribution in [0.3, 0.4) is 0 Å². The lowest BCUT2D eigenvalue weighted by atomic mass is 10.1. The highest BCUT2D eigenvalue weighted by molar-refractivity contribution is 9.11. The number of benzene rings is 1. The van der Waals surface area contributed by atoms with E-state index < -0.39 is 18.5 Å².